The maximum Gasteiger partial charge on any atom is 0.240 e. The van der Waals surface area contributed by atoms with Crippen molar-refractivity contribution >= 4 is 11.6 Å². The molecule has 0 fully saturated rings. The van der Waals surface area contributed by atoms with Crippen LogP contribution >= 0.6 is 0 Å². The van der Waals surface area contributed by atoms with Gasteiger partial charge in [0, 0.05) is 17.9 Å². The third kappa shape index (κ3) is 2.92. The normalized spacial score (nSPS) is 18.2. The van der Waals surface area contributed by atoms with E-state index >= 15 is 0 Å². The Hall–Kier alpha value is -2.04. The van der Waals surface area contributed by atoms with E-state index in [9.17, 15) is 4.79 Å². The van der Waals surface area contributed by atoms with Crippen LogP contribution in [-0.2, 0) is 4.79 Å². The Morgan fingerprint density at radius 2 is 2.15 bits per heavy atom. The van der Waals surface area contributed by atoms with Crippen LogP contribution in [0.15, 0.2) is 23.3 Å². The van der Waals surface area contributed by atoms with Crippen molar-refractivity contribution < 1.29 is 14.3 Å². The minimum atomic E-state index is -0.0292. The topological polar surface area (TPSA) is 59.9 Å². The second kappa shape index (κ2) is 6.41. The van der Waals surface area contributed by atoms with Crippen LogP contribution in [0.5, 0.6) is 11.5 Å². The number of hydrogen-bond donors (Lipinski definition) is 1. The predicted molar refractivity (Wildman–Crippen MR) is 77.2 cm³/mol. The molecule has 0 aliphatic carbocycles. The van der Waals surface area contributed by atoms with Crippen LogP contribution in [0.3, 0.4) is 0 Å². The predicted octanol–water partition coefficient (Wildman–Crippen LogP) is 2.34. The van der Waals surface area contributed by atoms with Crippen molar-refractivity contribution in [2.24, 2.45) is 11.0 Å². The van der Waals surface area contributed by atoms with Crippen molar-refractivity contribution in [2.45, 2.75) is 26.7 Å². The van der Waals surface area contributed by atoms with Gasteiger partial charge in [-0.2, -0.15) is 5.10 Å². The lowest BCUT2D eigenvalue weighted by atomic mass is 9.90. The zero-order chi connectivity index (χ0) is 14.5. The zero-order valence-corrected chi connectivity index (χ0v) is 12.1. The van der Waals surface area contributed by atoms with Gasteiger partial charge in [-0.3, -0.25) is 4.79 Å². The van der Waals surface area contributed by atoms with Crippen LogP contribution in [0, 0.1) is 5.92 Å². The third-order valence-electron chi connectivity index (χ3n) is 3.37. The highest BCUT2D eigenvalue weighted by Gasteiger charge is 2.24. The van der Waals surface area contributed by atoms with E-state index in [2.05, 4.69) is 17.5 Å². The van der Waals surface area contributed by atoms with Gasteiger partial charge in [0.15, 0.2) is 11.5 Å². The monoisotopic (exact) mass is 276 g/mol. The van der Waals surface area contributed by atoms with Crippen LogP contribution in [0.2, 0.25) is 0 Å². The smallest absolute Gasteiger partial charge is 0.240 e. The molecule has 0 aromatic heterocycles. The van der Waals surface area contributed by atoms with E-state index in [4.69, 9.17) is 9.47 Å². The summed E-state index contributed by atoms with van der Waals surface area (Å²) in [5, 5.41) is 4.20. The first-order valence-corrected chi connectivity index (χ1v) is 6.87. The Labute approximate surface area is 119 Å². The summed E-state index contributed by atoms with van der Waals surface area (Å²) in [6.07, 6.45) is 1.35. The van der Waals surface area contributed by atoms with Crippen molar-refractivity contribution in [1.82, 2.24) is 5.43 Å². The number of carbonyl (C=O) groups excluding carboxylic acids is 1. The molecule has 1 N–H and O–H groups in total. The number of carbonyl (C=O) groups is 1. The van der Waals surface area contributed by atoms with E-state index in [0.717, 1.165) is 17.7 Å². The number of hydrazone groups is 1. The van der Waals surface area contributed by atoms with Crippen molar-refractivity contribution in [3.05, 3.63) is 23.8 Å². The molecule has 5 nitrogen and oxygen atoms in total. The standard InChI is InChI=1S/C15H20N2O3/c1-4-10-9-14(18)16-17-15(10)11-6-7-12(20-5-2)13(8-11)19-3/h6-8,10H,4-5,9H2,1-3H3,(H,16,18). The second-order valence-corrected chi connectivity index (χ2v) is 4.64. The highest BCUT2D eigenvalue weighted by atomic mass is 16.5. The molecule has 0 radical (unpaired) electrons. The van der Waals surface area contributed by atoms with Crippen LogP contribution in [0.1, 0.15) is 32.3 Å². The van der Waals surface area contributed by atoms with Gasteiger partial charge < -0.3 is 9.47 Å². The summed E-state index contributed by atoms with van der Waals surface area (Å²) in [5.74, 6) is 1.51. The quantitative estimate of drug-likeness (QED) is 0.898. The molecule has 1 aliphatic rings. The molecule has 1 aliphatic heterocycles. The Bertz CT molecular complexity index is 526. The molecule has 1 amide bonds. The number of benzene rings is 1. The highest BCUT2D eigenvalue weighted by molar-refractivity contribution is 6.06. The molecule has 0 spiro atoms. The fraction of sp³-hybridized carbons (Fsp3) is 0.467. The largest absolute Gasteiger partial charge is 0.493 e. The molecule has 1 unspecified atom stereocenters. The van der Waals surface area contributed by atoms with E-state index in [1.807, 2.05) is 25.1 Å². The number of hydrogen-bond acceptors (Lipinski definition) is 4. The van der Waals surface area contributed by atoms with Crippen molar-refractivity contribution in [3.63, 3.8) is 0 Å². The molecule has 1 aromatic carbocycles. The van der Waals surface area contributed by atoms with Gasteiger partial charge in [0.25, 0.3) is 0 Å². The van der Waals surface area contributed by atoms with Crippen molar-refractivity contribution in [3.8, 4) is 11.5 Å². The number of nitrogens with one attached hydrogen (secondary N) is 1. The van der Waals surface area contributed by atoms with Crippen LogP contribution in [0.25, 0.3) is 0 Å². The van der Waals surface area contributed by atoms with Crippen LogP contribution < -0.4 is 14.9 Å². The lowest BCUT2D eigenvalue weighted by molar-refractivity contribution is -0.122. The van der Waals surface area contributed by atoms with Gasteiger partial charge in [0.1, 0.15) is 0 Å². The summed E-state index contributed by atoms with van der Waals surface area (Å²) < 4.78 is 10.9. The first-order chi connectivity index (χ1) is 9.69. The minimum absolute atomic E-state index is 0.0292. The summed E-state index contributed by atoms with van der Waals surface area (Å²) in [6, 6.07) is 5.74. The van der Waals surface area contributed by atoms with Gasteiger partial charge in [-0.25, -0.2) is 5.43 Å². The maximum absolute atomic E-state index is 11.4. The molecule has 2 rings (SSSR count). The van der Waals surface area contributed by atoms with Gasteiger partial charge in [0.05, 0.1) is 19.4 Å². The Balaban J connectivity index is 2.34. The fourth-order valence-corrected chi connectivity index (χ4v) is 2.32. The molecule has 20 heavy (non-hydrogen) atoms. The van der Waals surface area contributed by atoms with Gasteiger partial charge >= 0.3 is 0 Å². The van der Waals surface area contributed by atoms with E-state index < -0.39 is 0 Å². The molecule has 0 saturated carbocycles. The van der Waals surface area contributed by atoms with Gasteiger partial charge in [-0.1, -0.05) is 6.92 Å². The summed E-state index contributed by atoms with van der Waals surface area (Å²) in [7, 11) is 1.61. The summed E-state index contributed by atoms with van der Waals surface area (Å²) in [6.45, 7) is 4.58. The summed E-state index contributed by atoms with van der Waals surface area (Å²) in [4.78, 5) is 11.4. The first-order valence-electron chi connectivity index (χ1n) is 6.87. The molecular formula is C15H20N2O3. The maximum atomic E-state index is 11.4. The minimum Gasteiger partial charge on any atom is -0.493 e. The molecule has 1 aromatic rings. The molecule has 0 bridgehead atoms. The summed E-state index contributed by atoms with van der Waals surface area (Å²) in [5.41, 5.74) is 4.40. The number of nitrogens with zero attached hydrogens (tertiary/aromatic N) is 1. The SMILES string of the molecule is CCOc1ccc(C2=NNC(=O)CC2CC)cc1OC. The highest BCUT2D eigenvalue weighted by Crippen LogP contribution is 2.30. The van der Waals surface area contributed by atoms with E-state index in [1.165, 1.54) is 0 Å². The van der Waals surface area contributed by atoms with E-state index in [1.54, 1.807) is 7.11 Å². The Morgan fingerprint density at radius 1 is 1.35 bits per heavy atom. The molecule has 1 heterocycles. The van der Waals surface area contributed by atoms with Crippen molar-refractivity contribution in [2.75, 3.05) is 13.7 Å². The second-order valence-electron chi connectivity index (χ2n) is 4.64. The zero-order valence-electron chi connectivity index (χ0n) is 12.1. The Morgan fingerprint density at radius 3 is 2.80 bits per heavy atom. The first kappa shape index (κ1) is 14.4. The van der Waals surface area contributed by atoms with Crippen molar-refractivity contribution in [1.29, 1.82) is 0 Å². The number of rotatable bonds is 5. The van der Waals surface area contributed by atoms with Gasteiger partial charge in [0.2, 0.25) is 5.91 Å². The molecule has 0 saturated heterocycles. The number of amides is 1. The summed E-state index contributed by atoms with van der Waals surface area (Å²) >= 11 is 0. The lowest BCUT2D eigenvalue weighted by Crippen LogP contribution is -2.33. The Kier molecular flexibility index (Phi) is 4.61. The molecule has 108 valence electrons. The molecular weight excluding hydrogens is 256 g/mol. The number of methoxy groups -OCH3 is 1. The third-order valence-corrected chi connectivity index (χ3v) is 3.37. The average molecular weight is 276 g/mol. The fourth-order valence-electron chi connectivity index (χ4n) is 2.32. The van der Waals surface area contributed by atoms with E-state index in [0.29, 0.717) is 24.5 Å². The van der Waals surface area contributed by atoms with Crippen LogP contribution in [0.4, 0.5) is 0 Å². The van der Waals surface area contributed by atoms with E-state index in [-0.39, 0.29) is 11.8 Å². The average Bonchev–Trinajstić information content (AvgIpc) is 2.48. The lowest BCUT2D eigenvalue weighted by Gasteiger charge is -2.22. The molecule has 1 atom stereocenters. The van der Waals surface area contributed by atoms with Gasteiger partial charge in [-0.15, -0.1) is 0 Å². The number of ether oxygens (including phenoxy) is 2. The molecule has 5 heteroatoms. The van der Waals surface area contributed by atoms with Crippen LogP contribution in [-0.4, -0.2) is 25.3 Å². The van der Waals surface area contributed by atoms with Gasteiger partial charge in [-0.05, 0) is 31.5 Å².